The first-order valence-corrected chi connectivity index (χ1v) is 7.41. The number of hydrogen-bond acceptors (Lipinski definition) is 3. The number of aryl methyl sites for hydroxylation is 1. The highest BCUT2D eigenvalue weighted by atomic mass is 19.1. The third kappa shape index (κ3) is 3.34. The van der Waals surface area contributed by atoms with Crippen LogP contribution in [0.5, 0.6) is 5.75 Å². The molecule has 0 fully saturated rings. The van der Waals surface area contributed by atoms with Crippen molar-refractivity contribution >= 4 is 16.6 Å². The Balaban J connectivity index is 1.71. The number of ether oxygens (including phenoxy) is 1. The molecule has 4 nitrogen and oxygen atoms in total. The van der Waals surface area contributed by atoms with Gasteiger partial charge < -0.3 is 15.0 Å². The summed E-state index contributed by atoms with van der Waals surface area (Å²) in [6.45, 7) is 0.827. The maximum atomic E-state index is 14.0. The highest BCUT2D eigenvalue weighted by Gasteiger charge is 2.07. The van der Waals surface area contributed by atoms with Crippen molar-refractivity contribution in [2.75, 3.05) is 12.3 Å². The molecule has 118 valence electrons. The summed E-state index contributed by atoms with van der Waals surface area (Å²) in [6, 6.07) is 15.0. The molecule has 5 heteroatoms. The van der Waals surface area contributed by atoms with E-state index in [0.29, 0.717) is 36.2 Å². The van der Waals surface area contributed by atoms with Crippen molar-refractivity contribution in [1.29, 1.82) is 0 Å². The fourth-order valence-corrected chi connectivity index (χ4v) is 2.51. The van der Waals surface area contributed by atoms with Crippen molar-refractivity contribution in [3.05, 3.63) is 70.8 Å². The molecule has 2 N–H and O–H groups in total. The Labute approximate surface area is 132 Å². The summed E-state index contributed by atoms with van der Waals surface area (Å²) in [4.78, 5) is 12.0. The number of benzene rings is 2. The van der Waals surface area contributed by atoms with E-state index in [1.807, 2.05) is 0 Å². The lowest BCUT2D eigenvalue weighted by Gasteiger charge is -2.11. The second-order valence-electron chi connectivity index (χ2n) is 5.27. The monoisotopic (exact) mass is 312 g/mol. The largest absolute Gasteiger partial charge is 0.494 e. The van der Waals surface area contributed by atoms with Gasteiger partial charge in [-0.3, -0.25) is 4.79 Å². The summed E-state index contributed by atoms with van der Waals surface area (Å²) >= 11 is 0. The van der Waals surface area contributed by atoms with Gasteiger partial charge in [0, 0.05) is 23.7 Å². The normalized spacial score (nSPS) is 10.8. The summed E-state index contributed by atoms with van der Waals surface area (Å²) in [5, 5.41) is 0.712. The first-order valence-electron chi connectivity index (χ1n) is 7.41. The van der Waals surface area contributed by atoms with E-state index in [9.17, 15) is 9.18 Å². The van der Waals surface area contributed by atoms with Gasteiger partial charge in [-0.05, 0) is 42.8 Å². The van der Waals surface area contributed by atoms with Gasteiger partial charge in [-0.1, -0.05) is 12.1 Å². The van der Waals surface area contributed by atoms with Gasteiger partial charge in [-0.25, -0.2) is 4.39 Å². The van der Waals surface area contributed by atoms with E-state index >= 15 is 0 Å². The number of nitrogen functional groups attached to an aromatic ring is 1. The topological polar surface area (TPSA) is 57.2 Å². The van der Waals surface area contributed by atoms with Crippen molar-refractivity contribution in [2.24, 2.45) is 0 Å². The van der Waals surface area contributed by atoms with Gasteiger partial charge >= 0.3 is 0 Å². The number of fused-ring (bicyclic) bond motifs is 1. The van der Waals surface area contributed by atoms with Gasteiger partial charge in [-0.2, -0.15) is 0 Å². The summed E-state index contributed by atoms with van der Waals surface area (Å²) in [5.41, 5.74) is 6.42. The number of nitrogens with zero attached hydrogens (tertiary/aromatic N) is 1. The SMILES string of the molecule is Nc1ccc(OCCCn2c(=O)ccc3cccc(F)c32)cc1. The van der Waals surface area contributed by atoms with Gasteiger partial charge in [0.2, 0.25) is 0 Å². The predicted molar refractivity (Wildman–Crippen MR) is 89.1 cm³/mol. The van der Waals surface area contributed by atoms with Crippen molar-refractivity contribution in [1.82, 2.24) is 4.57 Å². The number of rotatable bonds is 5. The Morgan fingerprint density at radius 3 is 2.61 bits per heavy atom. The predicted octanol–water partition coefficient (Wildman–Crippen LogP) is 3.19. The molecule has 3 aromatic rings. The van der Waals surface area contributed by atoms with E-state index in [1.165, 1.54) is 16.7 Å². The van der Waals surface area contributed by atoms with Crippen molar-refractivity contribution < 1.29 is 9.13 Å². The van der Waals surface area contributed by atoms with Crippen LogP contribution in [0.2, 0.25) is 0 Å². The van der Waals surface area contributed by atoms with Crippen LogP contribution in [-0.2, 0) is 6.54 Å². The summed E-state index contributed by atoms with van der Waals surface area (Å²) in [7, 11) is 0. The van der Waals surface area contributed by atoms with Crippen LogP contribution < -0.4 is 16.0 Å². The zero-order valence-corrected chi connectivity index (χ0v) is 12.5. The molecule has 0 saturated heterocycles. The van der Waals surface area contributed by atoms with E-state index in [0.717, 1.165) is 5.75 Å². The molecule has 3 rings (SSSR count). The van der Waals surface area contributed by atoms with Crippen LogP contribution >= 0.6 is 0 Å². The van der Waals surface area contributed by atoms with E-state index < -0.39 is 0 Å². The maximum Gasteiger partial charge on any atom is 0.251 e. The minimum atomic E-state index is -0.389. The van der Waals surface area contributed by atoms with Crippen LogP contribution in [0.4, 0.5) is 10.1 Å². The molecule has 0 unspecified atom stereocenters. The maximum absolute atomic E-state index is 14.0. The van der Waals surface area contributed by atoms with Crippen LogP contribution in [0.25, 0.3) is 10.9 Å². The number of nitrogens with two attached hydrogens (primary N) is 1. The fraction of sp³-hybridized carbons (Fsp3) is 0.167. The Morgan fingerprint density at radius 1 is 1.04 bits per heavy atom. The minimum Gasteiger partial charge on any atom is -0.494 e. The number of pyridine rings is 1. The van der Waals surface area contributed by atoms with Crippen molar-refractivity contribution in [2.45, 2.75) is 13.0 Å². The van der Waals surface area contributed by atoms with Crippen LogP contribution in [0.3, 0.4) is 0 Å². The fourth-order valence-electron chi connectivity index (χ4n) is 2.51. The lowest BCUT2D eigenvalue weighted by atomic mass is 10.2. The second-order valence-corrected chi connectivity index (χ2v) is 5.27. The van der Waals surface area contributed by atoms with Gasteiger partial charge in [-0.15, -0.1) is 0 Å². The molecule has 0 atom stereocenters. The molecule has 0 aliphatic carbocycles. The van der Waals surface area contributed by atoms with Crippen LogP contribution in [0.1, 0.15) is 6.42 Å². The number of halogens is 1. The quantitative estimate of drug-likeness (QED) is 0.581. The zero-order valence-electron chi connectivity index (χ0n) is 12.5. The van der Waals surface area contributed by atoms with E-state index in [1.54, 1.807) is 42.5 Å². The van der Waals surface area contributed by atoms with Gasteiger partial charge in [0.15, 0.2) is 0 Å². The van der Waals surface area contributed by atoms with Gasteiger partial charge in [0.25, 0.3) is 5.56 Å². The van der Waals surface area contributed by atoms with Gasteiger partial charge in [0.05, 0.1) is 12.1 Å². The molecule has 0 spiro atoms. The average molecular weight is 312 g/mol. The number of anilines is 1. The summed E-state index contributed by atoms with van der Waals surface area (Å²) < 4.78 is 21.1. The average Bonchev–Trinajstić information content (AvgIpc) is 2.55. The molecular weight excluding hydrogens is 295 g/mol. The second kappa shape index (κ2) is 6.52. The first kappa shape index (κ1) is 15.1. The molecule has 0 aliphatic heterocycles. The molecular formula is C18H17FN2O2. The van der Waals surface area contributed by atoms with Crippen LogP contribution in [0.15, 0.2) is 59.4 Å². The first-order chi connectivity index (χ1) is 11.1. The van der Waals surface area contributed by atoms with Crippen molar-refractivity contribution in [3.63, 3.8) is 0 Å². The smallest absolute Gasteiger partial charge is 0.251 e. The third-order valence-electron chi connectivity index (χ3n) is 3.63. The molecule has 1 heterocycles. The molecule has 0 amide bonds. The Kier molecular flexibility index (Phi) is 4.28. The number of aromatic nitrogens is 1. The highest BCUT2D eigenvalue weighted by Crippen LogP contribution is 2.16. The van der Waals surface area contributed by atoms with E-state index in [2.05, 4.69) is 0 Å². The lowest BCUT2D eigenvalue weighted by Crippen LogP contribution is -2.21. The molecule has 0 bridgehead atoms. The van der Waals surface area contributed by atoms with Crippen LogP contribution in [-0.4, -0.2) is 11.2 Å². The molecule has 0 saturated carbocycles. The molecule has 0 radical (unpaired) electrons. The number of hydrogen-bond donors (Lipinski definition) is 1. The molecule has 1 aromatic heterocycles. The standard InChI is InChI=1S/C18H17FN2O2/c19-16-4-1-3-13-5-10-17(22)21(18(13)16)11-2-12-23-15-8-6-14(20)7-9-15/h1,3-10H,2,11-12,20H2. The lowest BCUT2D eigenvalue weighted by molar-refractivity contribution is 0.302. The third-order valence-corrected chi connectivity index (χ3v) is 3.63. The Bertz CT molecular complexity index is 872. The molecule has 2 aromatic carbocycles. The van der Waals surface area contributed by atoms with E-state index in [-0.39, 0.29) is 11.4 Å². The molecule has 0 aliphatic rings. The van der Waals surface area contributed by atoms with Crippen molar-refractivity contribution in [3.8, 4) is 5.75 Å². The number of para-hydroxylation sites is 1. The van der Waals surface area contributed by atoms with Gasteiger partial charge in [0.1, 0.15) is 11.6 Å². The van der Waals surface area contributed by atoms with E-state index in [4.69, 9.17) is 10.5 Å². The van der Waals surface area contributed by atoms with Crippen LogP contribution in [0, 0.1) is 5.82 Å². The minimum absolute atomic E-state index is 0.213. The molecule has 23 heavy (non-hydrogen) atoms. The highest BCUT2D eigenvalue weighted by molar-refractivity contribution is 5.79. The summed E-state index contributed by atoms with van der Waals surface area (Å²) in [5.74, 6) is 0.329. The summed E-state index contributed by atoms with van der Waals surface area (Å²) in [6.07, 6.45) is 0.595. The zero-order chi connectivity index (χ0) is 16.2. The Morgan fingerprint density at radius 2 is 1.83 bits per heavy atom. The Hall–Kier alpha value is -2.82.